The molecular formula is C33H40N6O5S. The number of sulfonamides is 1. The summed E-state index contributed by atoms with van der Waals surface area (Å²) in [5.74, 6) is -0.392. The first-order chi connectivity index (χ1) is 21.3. The number of nitrogens with zero attached hydrogens (tertiary/aromatic N) is 3. The average Bonchev–Trinajstić information content (AvgIpc) is 3.46. The minimum Gasteiger partial charge on any atom is -0.389 e. The summed E-state index contributed by atoms with van der Waals surface area (Å²) in [4.78, 5) is 29.0. The van der Waals surface area contributed by atoms with Crippen LogP contribution in [0.2, 0.25) is 0 Å². The van der Waals surface area contributed by atoms with Gasteiger partial charge in [-0.05, 0) is 49.6 Å². The molecule has 1 heterocycles. The summed E-state index contributed by atoms with van der Waals surface area (Å²) in [5.41, 5.74) is 3.00. The van der Waals surface area contributed by atoms with Gasteiger partial charge in [0, 0.05) is 43.5 Å². The lowest BCUT2D eigenvalue weighted by Crippen LogP contribution is -2.49. The van der Waals surface area contributed by atoms with Crippen molar-refractivity contribution in [1.29, 1.82) is 0 Å². The van der Waals surface area contributed by atoms with E-state index in [1.54, 1.807) is 11.9 Å². The van der Waals surface area contributed by atoms with Gasteiger partial charge in [-0.3, -0.25) is 19.0 Å². The number of H-pyrrole nitrogens is 1. The predicted octanol–water partition coefficient (Wildman–Crippen LogP) is 3.44. The van der Waals surface area contributed by atoms with Gasteiger partial charge in [0.1, 0.15) is 5.82 Å². The smallest absolute Gasteiger partial charge is 0.251 e. The summed E-state index contributed by atoms with van der Waals surface area (Å²) in [6, 6.07) is 23.9. The second-order valence-electron chi connectivity index (χ2n) is 11.2. The maximum Gasteiger partial charge on any atom is 0.251 e. The zero-order chi connectivity index (χ0) is 32.7. The molecule has 4 rings (SSSR count). The molecule has 0 bridgehead atoms. The van der Waals surface area contributed by atoms with E-state index in [0.717, 1.165) is 27.4 Å². The molecule has 4 aromatic rings. The van der Waals surface area contributed by atoms with Gasteiger partial charge in [-0.2, -0.15) is 5.10 Å². The number of benzene rings is 3. The number of carbonyl (C=O) groups excluding carboxylic acids is 2. The van der Waals surface area contributed by atoms with E-state index in [2.05, 4.69) is 20.8 Å². The molecule has 0 aliphatic carbocycles. The monoisotopic (exact) mass is 632 g/mol. The number of aromatic nitrogens is 2. The number of carbonyl (C=O) groups is 2. The molecule has 0 unspecified atom stereocenters. The van der Waals surface area contributed by atoms with Gasteiger partial charge in [0.15, 0.2) is 0 Å². The highest BCUT2D eigenvalue weighted by Crippen LogP contribution is 2.23. The molecule has 0 saturated carbocycles. The Morgan fingerprint density at radius 3 is 2.04 bits per heavy atom. The minimum atomic E-state index is -3.71. The Labute approximate surface area is 264 Å². The quantitative estimate of drug-likeness (QED) is 0.177. The number of hydrogen-bond donors (Lipinski definition) is 4. The number of aryl methyl sites for hydroxylation is 1. The SMILES string of the molecule is Cc1cc(N(C)C[C@@H](O)[C@H](Cc2ccccc2)NC(=O)c2cc(C(=O)N[C@H](C)c3ccccc3)cc(N(C)S(C)(=O)=O)c2)n[nH]1. The van der Waals surface area contributed by atoms with Crippen molar-refractivity contribution in [2.75, 3.05) is 36.1 Å². The van der Waals surface area contributed by atoms with Gasteiger partial charge in [0.2, 0.25) is 10.0 Å². The van der Waals surface area contributed by atoms with Crippen molar-refractivity contribution >= 4 is 33.3 Å². The van der Waals surface area contributed by atoms with Gasteiger partial charge in [-0.15, -0.1) is 0 Å². The van der Waals surface area contributed by atoms with Crippen LogP contribution in [0.3, 0.4) is 0 Å². The molecule has 12 heteroatoms. The summed E-state index contributed by atoms with van der Waals surface area (Å²) >= 11 is 0. The third-order valence-electron chi connectivity index (χ3n) is 7.57. The average molecular weight is 633 g/mol. The summed E-state index contributed by atoms with van der Waals surface area (Å²) in [7, 11) is -0.552. The van der Waals surface area contributed by atoms with Crippen LogP contribution in [0.1, 0.15) is 50.5 Å². The van der Waals surface area contributed by atoms with Gasteiger partial charge >= 0.3 is 0 Å². The number of aliphatic hydroxyl groups is 1. The Morgan fingerprint density at radius 1 is 0.911 bits per heavy atom. The van der Waals surface area contributed by atoms with Crippen molar-refractivity contribution in [3.8, 4) is 0 Å². The lowest BCUT2D eigenvalue weighted by atomic mass is 9.99. The first kappa shape index (κ1) is 33.2. The largest absolute Gasteiger partial charge is 0.389 e. The van der Waals surface area contributed by atoms with E-state index < -0.39 is 34.0 Å². The number of nitrogens with one attached hydrogen (secondary N) is 3. The van der Waals surface area contributed by atoms with E-state index in [9.17, 15) is 23.1 Å². The van der Waals surface area contributed by atoms with E-state index in [1.165, 1.54) is 25.2 Å². The molecule has 3 aromatic carbocycles. The zero-order valence-corrected chi connectivity index (χ0v) is 26.9. The van der Waals surface area contributed by atoms with Crippen molar-refractivity contribution in [3.63, 3.8) is 0 Å². The molecule has 0 saturated heterocycles. The van der Waals surface area contributed by atoms with E-state index >= 15 is 0 Å². The van der Waals surface area contributed by atoms with Gasteiger partial charge in [-0.1, -0.05) is 60.7 Å². The van der Waals surface area contributed by atoms with Crippen molar-refractivity contribution in [2.24, 2.45) is 0 Å². The molecular weight excluding hydrogens is 592 g/mol. The number of amides is 2. The molecule has 0 aliphatic heterocycles. The van der Waals surface area contributed by atoms with Gasteiger partial charge in [0.25, 0.3) is 11.8 Å². The lowest BCUT2D eigenvalue weighted by molar-refractivity contribution is 0.0843. The highest BCUT2D eigenvalue weighted by molar-refractivity contribution is 7.92. The fourth-order valence-electron chi connectivity index (χ4n) is 4.86. The Hall–Kier alpha value is -4.68. The van der Waals surface area contributed by atoms with Crippen LogP contribution < -0.4 is 19.8 Å². The third-order valence-corrected chi connectivity index (χ3v) is 8.78. The summed E-state index contributed by atoms with van der Waals surface area (Å²) in [6.07, 6.45) is 0.361. The fourth-order valence-corrected chi connectivity index (χ4v) is 5.34. The van der Waals surface area contributed by atoms with Crippen molar-refractivity contribution in [3.05, 3.63) is 113 Å². The zero-order valence-electron chi connectivity index (χ0n) is 26.1. The van der Waals surface area contributed by atoms with Gasteiger partial charge in [0.05, 0.1) is 30.1 Å². The molecule has 45 heavy (non-hydrogen) atoms. The maximum atomic E-state index is 13.8. The normalized spacial score (nSPS) is 13.4. The van der Waals surface area contributed by atoms with Gasteiger partial charge in [-0.25, -0.2) is 8.42 Å². The van der Waals surface area contributed by atoms with Crippen LogP contribution in [0.5, 0.6) is 0 Å². The van der Waals surface area contributed by atoms with E-state index in [0.29, 0.717) is 12.2 Å². The first-order valence-electron chi connectivity index (χ1n) is 14.5. The number of hydrogen-bond acceptors (Lipinski definition) is 7. The molecule has 0 spiro atoms. The summed E-state index contributed by atoms with van der Waals surface area (Å²) < 4.78 is 25.9. The van der Waals surface area contributed by atoms with Crippen molar-refractivity contribution in [1.82, 2.24) is 20.8 Å². The molecule has 11 nitrogen and oxygen atoms in total. The molecule has 2 amide bonds. The standard InChI is InChI=1S/C33H40N6O5S/c1-22-16-31(37-36-22)38(3)21-30(40)29(17-24-12-8-6-9-13-24)35-33(42)27-18-26(19-28(20-27)39(4)45(5,43)44)32(41)34-23(2)25-14-10-7-11-15-25/h6-16,18-20,23,29-30,40H,17,21H2,1-5H3,(H,34,41)(H,35,42)(H,36,37)/t23-,29+,30-/m1/s1. The molecule has 238 valence electrons. The number of aromatic amines is 1. The Bertz CT molecular complexity index is 1710. The summed E-state index contributed by atoms with van der Waals surface area (Å²) in [5, 5.41) is 24.3. The van der Waals surface area contributed by atoms with Crippen LogP contribution in [-0.4, -0.2) is 74.6 Å². The number of aliphatic hydroxyl groups excluding tert-OH is 1. The molecule has 0 aliphatic rings. The van der Waals surface area contributed by atoms with Crippen LogP contribution in [0.15, 0.2) is 84.9 Å². The second-order valence-corrected chi connectivity index (χ2v) is 13.2. The van der Waals surface area contributed by atoms with Crippen LogP contribution >= 0.6 is 0 Å². The highest BCUT2D eigenvalue weighted by Gasteiger charge is 2.26. The number of likely N-dealkylation sites (N-methyl/N-ethyl adjacent to an activating group) is 1. The van der Waals surface area contributed by atoms with Crippen LogP contribution in [0.25, 0.3) is 0 Å². The van der Waals surface area contributed by atoms with Gasteiger partial charge < -0.3 is 20.6 Å². The van der Waals surface area contributed by atoms with Crippen molar-refractivity contribution < 1.29 is 23.1 Å². The van der Waals surface area contributed by atoms with Crippen molar-refractivity contribution in [2.45, 2.75) is 38.5 Å². The topological polar surface area (TPSA) is 148 Å². The van der Waals surface area contributed by atoms with Crippen LogP contribution in [0, 0.1) is 6.92 Å². The van der Waals surface area contributed by atoms with Crippen LogP contribution in [0.4, 0.5) is 11.5 Å². The molecule has 0 fully saturated rings. The number of anilines is 2. The molecule has 0 radical (unpaired) electrons. The second kappa shape index (κ2) is 14.4. The van der Waals surface area contributed by atoms with E-state index in [-0.39, 0.29) is 29.4 Å². The molecule has 1 aromatic heterocycles. The third kappa shape index (κ3) is 8.93. The fraction of sp³-hybridized carbons (Fsp3) is 0.303. The minimum absolute atomic E-state index is 0.0713. The Morgan fingerprint density at radius 2 is 1.49 bits per heavy atom. The summed E-state index contributed by atoms with van der Waals surface area (Å²) in [6.45, 7) is 3.89. The Balaban J connectivity index is 1.63. The van der Waals surface area contributed by atoms with E-state index in [4.69, 9.17) is 0 Å². The maximum absolute atomic E-state index is 13.8. The number of rotatable bonds is 13. The first-order valence-corrected chi connectivity index (χ1v) is 16.4. The van der Waals surface area contributed by atoms with E-state index in [1.807, 2.05) is 80.6 Å². The highest BCUT2D eigenvalue weighted by atomic mass is 32.2. The van der Waals surface area contributed by atoms with Crippen LogP contribution in [-0.2, 0) is 16.4 Å². The molecule has 4 N–H and O–H groups in total. The molecule has 3 atom stereocenters. The lowest BCUT2D eigenvalue weighted by Gasteiger charge is -2.28. The predicted molar refractivity (Wildman–Crippen MR) is 176 cm³/mol. The Kier molecular flexibility index (Phi) is 10.6.